The highest BCUT2D eigenvalue weighted by Gasteiger charge is 2.30. The first kappa shape index (κ1) is 24.5. The molecule has 0 spiro atoms. The standard InChI is InChI=1S/C20H28N2O8S2/c1-29-18-7-6-16(32(27,28)22-9-4-2-3-5-10-22)12-17(18)20(24)30-13-19(23)21-15-8-11-31(25,26)14-15/h6-7,12,15H,2-5,8-11,13-14H2,1H3,(H,21,23)/t15-/m1/s1. The number of benzene rings is 1. The number of hydrogen-bond acceptors (Lipinski definition) is 8. The van der Waals surface area contributed by atoms with Crippen LogP contribution in [0, 0.1) is 0 Å². The smallest absolute Gasteiger partial charge is 0.342 e. The molecule has 2 aliphatic heterocycles. The van der Waals surface area contributed by atoms with Gasteiger partial charge in [-0.1, -0.05) is 12.8 Å². The summed E-state index contributed by atoms with van der Waals surface area (Å²) >= 11 is 0. The number of ether oxygens (including phenoxy) is 2. The SMILES string of the molecule is COc1ccc(S(=O)(=O)N2CCCCCC2)cc1C(=O)OCC(=O)N[C@@H]1CCS(=O)(=O)C1. The molecule has 1 amide bonds. The second-order valence-electron chi connectivity index (χ2n) is 7.92. The molecule has 32 heavy (non-hydrogen) atoms. The Morgan fingerprint density at radius 2 is 1.84 bits per heavy atom. The van der Waals surface area contributed by atoms with E-state index in [1.165, 1.54) is 29.6 Å². The number of carbonyl (C=O) groups excluding carboxylic acids is 2. The van der Waals surface area contributed by atoms with Crippen LogP contribution < -0.4 is 10.1 Å². The lowest BCUT2D eigenvalue weighted by Crippen LogP contribution is -2.38. The topological polar surface area (TPSA) is 136 Å². The Morgan fingerprint density at radius 1 is 1.16 bits per heavy atom. The van der Waals surface area contributed by atoms with Gasteiger partial charge in [-0.05, 0) is 37.5 Å². The van der Waals surface area contributed by atoms with Crippen LogP contribution >= 0.6 is 0 Å². The molecule has 1 atom stereocenters. The second-order valence-corrected chi connectivity index (χ2v) is 12.1. The van der Waals surface area contributed by atoms with E-state index >= 15 is 0 Å². The fraction of sp³-hybridized carbons (Fsp3) is 0.600. The molecule has 0 saturated carbocycles. The van der Waals surface area contributed by atoms with Crippen molar-refractivity contribution in [3.63, 3.8) is 0 Å². The van der Waals surface area contributed by atoms with E-state index in [4.69, 9.17) is 9.47 Å². The first-order chi connectivity index (χ1) is 15.1. The molecule has 1 N–H and O–H groups in total. The zero-order valence-corrected chi connectivity index (χ0v) is 19.5. The number of methoxy groups -OCH3 is 1. The molecule has 0 unspecified atom stereocenters. The number of sulfonamides is 1. The van der Waals surface area contributed by atoms with Gasteiger partial charge in [0.2, 0.25) is 10.0 Å². The van der Waals surface area contributed by atoms with Gasteiger partial charge >= 0.3 is 5.97 Å². The highest BCUT2D eigenvalue weighted by Crippen LogP contribution is 2.26. The highest BCUT2D eigenvalue weighted by molar-refractivity contribution is 7.91. The van der Waals surface area contributed by atoms with Gasteiger partial charge in [-0.15, -0.1) is 0 Å². The van der Waals surface area contributed by atoms with Crippen LogP contribution in [0.1, 0.15) is 42.5 Å². The molecule has 1 aromatic rings. The maximum absolute atomic E-state index is 13.0. The molecule has 0 radical (unpaired) electrons. The monoisotopic (exact) mass is 488 g/mol. The largest absolute Gasteiger partial charge is 0.496 e. The van der Waals surface area contributed by atoms with Gasteiger partial charge in [0.25, 0.3) is 5.91 Å². The third-order valence-electron chi connectivity index (χ3n) is 5.53. The quantitative estimate of drug-likeness (QED) is 0.555. The maximum atomic E-state index is 13.0. The van der Waals surface area contributed by atoms with Gasteiger partial charge in [0.1, 0.15) is 11.3 Å². The zero-order valence-electron chi connectivity index (χ0n) is 17.9. The van der Waals surface area contributed by atoms with Crippen LogP contribution in [-0.2, 0) is 29.4 Å². The summed E-state index contributed by atoms with van der Waals surface area (Å²) in [5, 5.41) is 2.53. The number of nitrogens with zero attached hydrogens (tertiary/aromatic N) is 1. The van der Waals surface area contributed by atoms with E-state index in [2.05, 4.69) is 5.32 Å². The highest BCUT2D eigenvalue weighted by atomic mass is 32.2. The maximum Gasteiger partial charge on any atom is 0.342 e. The number of hydrogen-bond donors (Lipinski definition) is 1. The lowest BCUT2D eigenvalue weighted by molar-refractivity contribution is -0.124. The Kier molecular flexibility index (Phi) is 7.78. The van der Waals surface area contributed by atoms with E-state index in [9.17, 15) is 26.4 Å². The van der Waals surface area contributed by atoms with Crippen molar-refractivity contribution in [2.45, 2.75) is 43.0 Å². The van der Waals surface area contributed by atoms with E-state index in [1.54, 1.807) is 0 Å². The molecule has 2 aliphatic rings. The van der Waals surface area contributed by atoms with Gasteiger partial charge in [0.15, 0.2) is 16.4 Å². The number of sulfone groups is 1. The van der Waals surface area contributed by atoms with Crippen molar-refractivity contribution >= 4 is 31.7 Å². The summed E-state index contributed by atoms with van der Waals surface area (Å²) < 4.78 is 60.7. The van der Waals surface area contributed by atoms with Crippen LogP contribution in [0.2, 0.25) is 0 Å². The van der Waals surface area contributed by atoms with Crippen molar-refractivity contribution in [2.24, 2.45) is 0 Å². The molecule has 1 aromatic carbocycles. The van der Waals surface area contributed by atoms with Crippen molar-refractivity contribution in [2.75, 3.05) is 38.3 Å². The molecule has 12 heteroatoms. The number of amides is 1. The minimum atomic E-state index is -3.79. The average Bonchev–Trinajstić information content (AvgIpc) is 2.95. The van der Waals surface area contributed by atoms with Crippen LogP contribution in [0.4, 0.5) is 0 Å². The summed E-state index contributed by atoms with van der Waals surface area (Å²) in [5.41, 5.74) is -0.111. The Hall–Kier alpha value is -2.18. The normalized spacial score (nSPS) is 21.5. The first-order valence-electron chi connectivity index (χ1n) is 10.5. The Bertz CT molecular complexity index is 1060. The van der Waals surface area contributed by atoms with Gasteiger partial charge in [0, 0.05) is 19.1 Å². The van der Waals surface area contributed by atoms with E-state index in [0.29, 0.717) is 19.5 Å². The Labute approximate surface area is 188 Å². The third kappa shape index (κ3) is 5.99. The average molecular weight is 489 g/mol. The minimum Gasteiger partial charge on any atom is -0.496 e. The van der Waals surface area contributed by atoms with Crippen molar-refractivity contribution in [3.8, 4) is 5.75 Å². The van der Waals surface area contributed by atoms with Crippen LogP contribution in [0.5, 0.6) is 5.75 Å². The molecular weight excluding hydrogens is 460 g/mol. The number of esters is 1. The summed E-state index contributed by atoms with van der Waals surface area (Å²) in [7, 11) is -5.61. The molecule has 10 nitrogen and oxygen atoms in total. The molecule has 2 saturated heterocycles. The van der Waals surface area contributed by atoms with Crippen LogP contribution in [0.3, 0.4) is 0 Å². The molecule has 2 heterocycles. The summed E-state index contributed by atoms with van der Waals surface area (Å²) in [6.45, 7) is 0.220. The fourth-order valence-electron chi connectivity index (χ4n) is 3.83. The first-order valence-corrected chi connectivity index (χ1v) is 13.7. The molecular formula is C20H28N2O8S2. The summed E-state index contributed by atoms with van der Waals surface area (Å²) in [5.74, 6) is -1.56. The van der Waals surface area contributed by atoms with Gasteiger partial charge < -0.3 is 14.8 Å². The predicted molar refractivity (Wildman–Crippen MR) is 116 cm³/mol. The Balaban J connectivity index is 1.69. The van der Waals surface area contributed by atoms with Gasteiger partial charge in [-0.25, -0.2) is 21.6 Å². The van der Waals surface area contributed by atoms with E-state index in [0.717, 1.165) is 25.7 Å². The lowest BCUT2D eigenvalue weighted by atomic mass is 10.2. The number of nitrogens with one attached hydrogen (secondary N) is 1. The summed E-state index contributed by atoms with van der Waals surface area (Å²) in [6, 6.07) is 3.44. The second kappa shape index (κ2) is 10.2. The van der Waals surface area contributed by atoms with Crippen LogP contribution in [0.25, 0.3) is 0 Å². The van der Waals surface area contributed by atoms with Crippen LogP contribution in [-0.4, -0.2) is 77.4 Å². The predicted octanol–water partition coefficient (Wildman–Crippen LogP) is 0.720. The van der Waals surface area contributed by atoms with Gasteiger partial charge in [0.05, 0.1) is 23.5 Å². The molecule has 0 aliphatic carbocycles. The van der Waals surface area contributed by atoms with Crippen molar-refractivity contribution in [3.05, 3.63) is 23.8 Å². The fourth-order valence-corrected chi connectivity index (χ4v) is 7.04. The number of carbonyl (C=O) groups is 2. The Morgan fingerprint density at radius 3 is 2.44 bits per heavy atom. The van der Waals surface area contributed by atoms with Crippen molar-refractivity contribution in [1.29, 1.82) is 0 Å². The minimum absolute atomic E-state index is 0.00716. The van der Waals surface area contributed by atoms with Crippen LogP contribution in [0.15, 0.2) is 23.1 Å². The number of rotatable bonds is 7. The van der Waals surface area contributed by atoms with E-state index in [-0.39, 0.29) is 27.7 Å². The molecule has 0 aromatic heterocycles. The molecule has 3 rings (SSSR count). The third-order valence-corrected chi connectivity index (χ3v) is 9.19. The van der Waals surface area contributed by atoms with Crippen molar-refractivity contribution < 1.29 is 35.9 Å². The molecule has 2 fully saturated rings. The van der Waals surface area contributed by atoms with E-state index in [1.807, 2.05) is 0 Å². The van der Waals surface area contributed by atoms with Gasteiger partial charge in [-0.3, -0.25) is 4.79 Å². The molecule has 0 bridgehead atoms. The van der Waals surface area contributed by atoms with Crippen molar-refractivity contribution in [1.82, 2.24) is 9.62 Å². The van der Waals surface area contributed by atoms with E-state index < -0.39 is 44.4 Å². The lowest BCUT2D eigenvalue weighted by Gasteiger charge is -2.20. The summed E-state index contributed by atoms with van der Waals surface area (Å²) in [6.07, 6.45) is 3.82. The zero-order chi connectivity index (χ0) is 23.4. The molecule has 178 valence electrons. The van der Waals surface area contributed by atoms with Gasteiger partial charge in [-0.2, -0.15) is 4.31 Å². The summed E-state index contributed by atoms with van der Waals surface area (Å²) in [4.78, 5) is 24.6.